The molecule has 0 rings (SSSR count). The minimum atomic E-state index is 0.396. The summed E-state index contributed by atoms with van der Waals surface area (Å²) in [6, 6.07) is 0.396. The third-order valence-corrected chi connectivity index (χ3v) is 1.33. The molecule has 2 nitrogen and oxygen atoms in total. The van der Waals surface area contributed by atoms with Crippen LogP contribution in [0.15, 0.2) is 12.3 Å². The van der Waals surface area contributed by atoms with Crippen LogP contribution in [-0.4, -0.2) is 11.1 Å². The Hall–Kier alpha value is -0.500. The number of rotatable bonds is 4. The summed E-state index contributed by atoms with van der Waals surface area (Å²) in [7, 11) is 0. The second-order valence-corrected chi connectivity index (χ2v) is 2.71. The van der Waals surface area contributed by atoms with Gasteiger partial charge in [0.15, 0.2) is 0 Å². The van der Waals surface area contributed by atoms with Gasteiger partial charge in [0.1, 0.15) is 0 Å². The molecule has 0 saturated carbocycles. The van der Waals surface area contributed by atoms with Gasteiger partial charge < -0.3 is 5.01 Å². The van der Waals surface area contributed by atoms with Crippen molar-refractivity contribution in [3.05, 3.63) is 12.3 Å². The van der Waals surface area contributed by atoms with E-state index in [1.807, 2.05) is 6.20 Å². The molecule has 60 valence electrons. The Morgan fingerprint density at radius 2 is 2.10 bits per heavy atom. The van der Waals surface area contributed by atoms with E-state index >= 15 is 0 Å². The molecule has 0 aromatic heterocycles. The smallest absolute Gasteiger partial charge is 0.0389 e. The molecule has 0 amide bonds. The summed E-state index contributed by atoms with van der Waals surface area (Å²) >= 11 is 0. The van der Waals surface area contributed by atoms with Crippen LogP contribution in [0, 0.1) is 0 Å². The Bertz CT molecular complexity index is 97.4. The minimum Gasteiger partial charge on any atom is -0.316 e. The third kappa shape index (κ3) is 4.39. The van der Waals surface area contributed by atoms with Crippen LogP contribution in [-0.2, 0) is 0 Å². The molecule has 2 heteroatoms. The number of hydrogen-bond acceptors (Lipinski definition) is 2. The zero-order chi connectivity index (χ0) is 7.98. The van der Waals surface area contributed by atoms with Crippen LogP contribution in [0.25, 0.3) is 0 Å². The summed E-state index contributed by atoms with van der Waals surface area (Å²) in [6.07, 6.45) is 6.33. The molecule has 0 fully saturated rings. The molecule has 2 N–H and O–H groups in total. The van der Waals surface area contributed by atoms with Gasteiger partial charge in [-0.15, -0.1) is 0 Å². The van der Waals surface area contributed by atoms with E-state index < -0.39 is 0 Å². The van der Waals surface area contributed by atoms with E-state index in [1.165, 1.54) is 6.42 Å². The minimum absolute atomic E-state index is 0.396. The zero-order valence-electron chi connectivity index (χ0n) is 7.17. The first kappa shape index (κ1) is 9.50. The van der Waals surface area contributed by atoms with Gasteiger partial charge in [-0.25, -0.2) is 5.84 Å². The fourth-order valence-electron chi connectivity index (χ4n) is 0.535. The molecular weight excluding hydrogens is 124 g/mol. The molecule has 0 saturated heterocycles. The summed E-state index contributed by atoms with van der Waals surface area (Å²) in [5.41, 5.74) is 0. The first-order chi connectivity index (χ1) is 4.68. The Labute approximate surface area is 63.7 Å². The standard InChI is InChI=1S/C8H18N2/c1-4-5-6-7-10(9)8(2)3/h6-8H,4-5,9H2,1-3H3/b7-6-. The second kappa shape index (κ2) is 5.30. The van der Waals surface area contributed by atoms with Crippen LogP contribution in [0.4, 0.5) is 0 Å². The van der Waals surface area contributed by atoms with Crippen molar-refractivity contribution in [3.63, 3.8) is 0 Å². The second-order valence-electron chi connectivity index (χ2n) is 2.71. The van der Waals surface area contributed by atoms with E-state index in [9.17, 15) is 0 Å². The largest absolute Gasteiger partial charge is 0.316 e. The third-order valence-electron chi connectivity index (χ3n) is 1.33. The summed E-state index contributed by atoms with van der Waals surface area (Å²) in [6.45, 7) is 6.28. The number of allylic oxidation sites excluding steroid dienone is 1. The van der Waals surface area contributed by atoms with Crippen LogP contribution in [0.5, 0.6) is 0 Å². The molecule has 0 aliphatic carbocycles. The van der Waals surface area contributed by atoms with Crippen LogP contribution in [0.2, 0.25) is 0 Å². The van der Waals surface area contributed by atoms with Gasteiger partial charge in [-0.2, -0.15) is 0 Å². The summed E-state index contributed by atoms with van der Waals surface area (Å²) in [5, 5.41) is 1.72. The Morgan fingerprint density at radius 1 is 1.50 bits per heavy atom. The average Bonchev–Trinajstić information content (AvgIpc) is 1.88. The van der Waals surface area contributed by atoms with Crippen molar-refractivity contribution in [2.75, 3.05) is 0 Å². The highest BCUT2D eigenvalue weighted by Crippen LogP contribution is 1.93. The molecule has 0 unspecified atom stereocenters. The van der Waals surface area contributed by atoms with E-state index in [1.54, 1.807) is 5.01 Å². The van der Waals surface area contributed by atoms with Crippen molar-refractivity contribution in [1.82, 2.24) is 5.01 Å². The van der Waals surface area contributed by atoms with Crippen LogP contribution in [0.3, 0.4) is 0 Å². The van der Waals surface area contributed by atoms with Gasteiger partial charge in [0.05, 0.1) is 0 Å². The number of nitrogens with two attached hydrogens (primary N) is 1. The van der Waals surface area contributed by atoms with Crippen molar-refractivity contribution < 1.29 is 0 Å². The van der Waals surface area contributed by atoms with E-state index in [2.05, 4.69) is 26.8 Å². The summed E-state index contributed by atoms with van der Waals surface area (Å²) in [4.78, 5) is 0. The molecule has 0 aliphatic rings. The van der Waals surface area contributed by atoms with Gasteiger partial charge in [-0.3, -0.25) is 0 Å². The van der Waals surface area contributed by atoms with Crippen molar-refractivity contribution in [2.24, 2.45) is 5.84 Å². The highest BCUT2D eigenvalue weighted by atomic mass is 15.4. The molecular formula is C8H18N2. The molecule has 0 aromatic rings. The zero-order valence-corrected chi connectivity index (χ0v) is 7.17. The predicted molar refractivity (Wildman–Crippen MR) is 45.2 cm³/mol. The SMILES string of the molecule is CCC/C=C\N(N)C(C)C. The first-order valence-corrected chi connectivity index (χ1v) is 3.88. The lowest BCUT2D eigenvalue weighted by Crippen LogP contribution is -2.31. The molecule has 0 spiro atoms. The van der Waals surface area contributed by atoms with Crippen molar-refractivity contribution >= 4 is 0 Å². The Balaban J connectivity index is 3.45. The lowest BCUT2D eigenvalue weighted by atomic mass is 10.3. The fraction of sp³-hybridized carbons (Fsp3) is 0.750. The molecule has 0 aromatic carbocycles. The molecule has 0 radical (unpaired) electrons. The molecule has 10 heavy (non-hydrogen) atoms. The lowest BCUT2D eigenvalue weighted by Gasteiger charge is -2.17. The molecule has 0 heterocycles. The van der Waals surface area contributed by atoms with E-state index in [0.29, 0.717) is 6.04 Å². The van der Waals surface area contributed by atoms with Crippen molar-refractivity contribution in [1.29, 1.82) is 0 Å². The summed E-state index contributed by atoms with van der Waals surface area (Å²) in [5.74, 6) is 5.60. The predicted octanol–water partition coefficient (Wildman–Crippen LogP) is 1.88. The van der Waals surface area contributed by atoms with Crippen LogP contribution in [0.1, 0.15) is 33.6 Å². The molecule has 0 aliphatic heterocycles. The van der Waals surface area contributed by atoms with Crippen LogP contribution >= 0.6 is 0 Å². The molecule has 0 atom stereocenters. The number of hydrogen-bond donors (Lipinski definition) is 1. The highest BCUT2D eigenvalue weighted by Gasteiger charge is 1.94. The maximum Gasteiger partial charge on any atom is 0.0389 e. The number of nitrogens with zero attached hydrogens (tertiary/aromatic N) is 1. The summed E-state index contributed by atoms with van der Waals surface area (Å²) < 4.78 is 0. The van der Waals surface area contributed by atoms with E-state index in [0.717, 1.165) is 6.42 Å². The van der Waals surface area contributed by atoms with Crippen molar-refractivity contribution in [3.8, 4) is 0 Å². The highest BCUT2D eigenvalue weighted by molar-refractivity contribution is 4.80. The van der Waals surface area contributed by atoms with E-state index in [4.69, 9.17) is 5.84 Å². The van der Waals surface area contributed by atoms with Gasteiger partial charge in [-0.05, 0) is 20.3 Å². The maximum absolute atomic E-state index is 5.60. The Morgan fingerprint density at radius 3 is 2.50 bits per heavy atom. The quantitative estimate of drug-likeness (QED) is 0.479. The monoisotopic (exact) mass is 142 g/mol. The lowest BCUT2D eigenvalue weighted by molar-refractivity contribution is 0.322. The average molecular weight is 142 g/mol. The van der Waals surface area contributed by atoms with Gasteiger partial charge >= 0.3 is 0 Å². The van der Waals surface area contributed by atoms with Crippen molar-refractivity contribution in [2.45, 2.75) is 39.7 Å². The first-order valence-electron chi connectivity index (χ1n) is 3.88. The normalized spacial score (nSPS) is 11.3. The number of hydrazine groups is 1. The van der Waals surface area contributed by atoms with Crippen LogP contribution < -0.4 is 5.84 Å². The van der Waals surface area contributed by atoms with Gasteiger partial charge in [-0.1, -0.05) is 19.4 Å². The molecule has 0 bridgehead atoms. The Kier molecular flexibility index (Phi) is 5.03. The van der Waals surface area contributed by atoms with E-state index in [-0.39, 0.29) is 0 Å². The van der Waals surface area contributed by atoms with Gasteiger partial charge in [0.25, 0.3) is 0 Å². The fourth-order valence-corrected chi connectivity index (χ4v) is 0.535. The maximum atomic E-state index is 5.60. The number of unbranched alkanes of at least 4 members (excludes halogenated alkanes) is 1. The van der Waals surface area contributed by atoms with Gasteiger partial charge in [0.2, 0.25) is 0 Å². The topological polar surface area (TPSA) is 29.3 Å². The van der Waals surface area contributed by atoms with Gasteiger partial charge in [0, 0.05) is 12.2 Å².